The zero-order chi connectivity index (χ0) is 20.5. The van der Waals surface area contributed by atoms with Crippen molar-refractivity contribution in [1.82, 2.24) is 5.32 Å². The molecule has 0 aromatic heterocycles. The molecule has 2 aromatic rings. The van der Waals surface area contributed by atoms with Crippen molar-refractivity contribution >= 4 is 23.2 Å². The lowest BCUT2D eigenvalue weighted by atomic mass is 10.1. The van der Waals surface area contributed by atoms with Gasteiger partial charge in [0.2, 0.25) is 11.8 Å². The van der Waals surface area contributed by atoms with Crippen LogP contribution in [0, 0.1) is 6.92 Å². The van der Waals surface area contributed by atoms with E-state index in [0.29, 0.717) is 19.5 Å². The molecule has 0 saturated carbocycles. The van der Waals surface area contributed by atoms with Crippen molar-refractivity contribution < 1.29 is 9.59 Å². The normalized spacial score (nSPS) is 10.4. The van der Waals surface area contributed by atoms with Gasteiger partial charge in [-0.05, 0) is 50.1 Å². The Balaban J connectivity index is 1.99. The quantitative estimate of drug-likeness (QED) is 0.723. The molecule has 0 heterocycles. The minimum atomic E-state index is -0.0386. The highest BCUT2D eigenvalue weighted by Crippen LogP contribution is 2.25. The molecule has 1 N–H and O–H groups in total. The van der Waals surface area contributed by atoms with E-state index in [-0.39, 0.29) is 11.8 Å². The number of carbonyl (C=O) groups excluding carboxylic acids is 2. The zero-order valence-electron chi connectivity index (χ0n) is 17.4. The summed E-state index contributed by atoms with van der Waals surface area (Å²) in [6, 6.07) is 15.8. The van der Waals surface area contributed by atoms with Crippen LogP contribution in [-0.4, -0.2) is 38.0 Å². The highest BCUT2D eigenvalue weighted by molar-refractivity contribution is 5.92. The molecule has 0 aliphatic rings. The van der Waals surface area contributed by atoms with Crippen LogP contribution >= 0.6 is 0 Å². The number of rotatable bonds is 9. The maximum atomic E-state index is 12.2. The van der Waals surface area contributed by atoms with Crippen molar-refractivity contribution in [2.75, 3.05) is 36.0 Å². The van der Waals surface area contributed by atoms with E-state index >= 15 is 0 Å². The molecule has 5 nitrogen and oxygen atoms in total. The maximum Gasteiger partial charge on any atom is 0.224 e. The van der Waals surface area contributed by atoms with Crippen molar-refractivity contribution in [1.29, 1.82) is 0 Å². The van der Waals surface area contributed by atoms with Crippen molar-refractivity contribution in [3.8, 4) is 0 Å². The van der Waals surface area contributed by atoms with Gasteiger partial charge < -0.3 is 15.1 Å². The fourth-order valence-corrected chi connectivity index (χ4v) is 3.33. The summed E-state index contributed by atoms with van der Waals surface area (Å²) in [5.41, 5.74) is 4.08. The van der Waals surface area contributed by atoms with E-state index in [1.807, 2.05) is 43.3 Å². The molecule has 150 valence electrons. The van der Waals surface area contributed by atoms with Gasteiger partial charge in [-0.3, -0.25) is 9.59 Å². The molecular weight excluding hydrogens is 350 g/mol. The maximum absolute atomic E-state index is 12.2. The zero-order valence-corrected chi connectivity index (χ0v) is 17.4. The number of anilines is 2. The van der Waals surface area contributed by atoms with Crippen LogP contribution in [0.1, 0.15) is 31.9 Å². The smallest absolute Gasteiger partial charge is 0.224 e. The van der Waals surface area contributed by atoms with Gasteiger partial charge in [0.05, 0.1) is 6.42 Å². The van der Waals surface area contributed by atoms with Crippen molar-refractivity contribution in [2.24, 2.45) is 0 Å². The largest absolute Gasteiger partial charge is 0.372 e. The first-order valence-corrected chi connectivity index (χ1v) is 9.90. The number of hydrogen-bond acceptors (Lipinski definition) is 3. The Labute approximate surface area is 168 Å². The van der Waals surface area contributed by atoms with E-state index in [4.69, 9.17) is 0 Å². The number of hydrogen-bond donors (Lipinski definition) is 1. The molecule has 2 aromatic carbocycles. The highest BCUT2D eigenvalue weighted by Gasteiger charge is 2.15. The first-order chi connectivity index (χ1) is 13.5. The first kappa shape index (κ1) is 21.5. The van der Waals surface area contributed by atoms with E-state index < -0.39 is 0 Å². The summed E-state index contributed by atoms with van der Waals surface area (Å²) in [5.74, 6) is -0.0701. The molecule has 0 aliphatic carbocycles. The molecule has 0 unspecified atom stereocenters. The molecule has 5 heteroatoms. The number of amides is 2. The van der Waals surface area contributed by atoms with Gasteiger partial charge in [0, 0.05) is 44.5 Å². The molecule has 0 saturated heterocycles. The number of benzene rings is 2. The Morgan fingerprint density at radius 3 is 2.25 bits per heavy atom. The van der Waals surface area contributed by atoms with E-state index in [9.17, 15) is 9.59 Å². The molecular formula is C23H31N3O2. The van der Waals surface area contributed by atoms with Crippen LogP contribution in [-0.2, 0) is 16.0 Å². The Bertz CT molecular complexity index is 786. The molecule has 2 rings (SSSR count). The molecule has 0 radical (unpaired) electrons. The summed E-state index contributed by atoms with van der Waals surface area (Å²) in [5, 5.41) is 2.91. The van der Waals surface area contributed by atoms with Crippen LogP contribution in [0.3, 0.4) is 0 Å². The van der Waals surface area contributed by atoms with Crippen molar-refractivity contribution in [3.05, 3.63) is 59.7 Å². The standard InChI is InChI=1S/C23H31N3O2/c1-5-25(6-2)21-12-13-22(18(3)16-21)26(19(4)27)15-14-24-23(28)17-20-10-8-7-9-11-20/h7-13,16H,5-6,14-15,17H2,1-4H3,(H,24,28). The Morgan fingerprint density at radius 2 is 1.68 bits per heavy atom. The van der Waals surface area contributed by atoms with Gasteiger partial charge in [-0.15, -0.1) is 0 Å². The third-order valence-electron chi connectivity index (χ3n) is 4.84. The van der Waals surface area contributed by atoms with E-state index in [1.165, 1.54) is 0 Å². The van der Waals surface area contributed by atoms with Gasteiger partial charge in [-0.25, -0.2) is 0 Å². The van der Waals surface area contributed by atoms with Crippen molar-refractivity contribution in [2.45, 2.75) is 34.1 Å². The minimum absolute atomic E-state index is 0.0315. The number of carbonyl (C=O) groups is 2. The monoisotopic (exact) mass is 381 g/mol. The summed E-state index contributed by atoms with van der Waals surface area (Å²) >= 11 is 0. The molecule has 2 amide bonds. The topological polar surface area (TPSA) is 52.6 Å². The minimum Gasteiger partial charge on any atom is -0.372 e. The SMILES string of the molecule is CCN(CC)c1ccc(N(CCNC(=O)Cc2ccccc2)C(C)=O)c(C)c1. The van der Waals surface area contributed by atoms with Gasteiger partial charge in [0.15, 0.2) is 0 Å². The lowest BCUT2D eigenvalue weighted by molar-refractivity contribution is -0.121. The van der Waals surface area contributed by atoms with E-state index in [1.54, 1.807) is 11.8 Å². The third-order valence-corrected chi connectivity index (χ3v) is 4.84. The second-order valence-corrected chi connectivity index (χ2v) is 6.83. The molecule has 0 aliphatic heterocycles. The fraction of sp³-hybridized carbons (Fsp3) is 0.391. The average molecular weight is 382 g/mol. The molecule has 0 spiro atoms. The summed E-state index contributed by atoms with van der Waals surface area (Å²) in [4.78, 5) is 28.3. The highest BCUT2D eigenvalue weighted by atomic mass is 16.2. The van der Waals surface area contributed by atoms with Gasteiger partial charge in [-0.1, -0.05) is 30.3 Å². The predicted octanol–water partition coefficient (Wildman–Crippen LogP) is 3.55. The van der Waals surface area contributed by atoms with Crippen LogP contribution in [0.25, 0.3) is 0 Å². The van der Waals surface area contributed by atoms with E-state index in [0.717, 1.165) is 35.6 Å². The summed E-state index contributed by atoms with van der Waals surface area (Å²) in [6.45, 7) is 10.6. The number of aryl methyl sites for hydroxylation is 1. The number of nitrogens with zero attached hydrogens (tertiary/aromatic N) is 2. The lowest BCUT2D eigenvalue weighted by Gasteiger charge is -2.26. The first-order valence-electron chi connectivity index (χ1n) is 9.90. The van der Waals surface area contributed by atoms with Crippen molar-refractivity contribution in [3.63, 3.8) is 0 Å². The lowest BCUT2D eigenvalue weighted by Crippen LogP contribution is -2.38. The fourth-order valence-electron chi connectivity index (χ4n) is 3.33. The third kappa shape index (κ3) is 5.84. The summed E-state index contributed by atoms with van der Waals surface area (Å²) in [7, 11) is 0. The molecule has 28 heavy (non-hydrogen) atoms. The van der Waals surface area contributed by atoms with Gasteiger partial charge >= 0.3 is 0 Å². The van der Waals surface area contributed by atoms with Gasteiger partial charge in [0.25, 0.3) is 0 Å². The average Bonchev–Trinajstić information content (AvgIpc) is 2.67. The second kappa shape index (κ2) is 10.5. The van der Waals surface area contributed by atoms with Crippen LogP contribution in [0.4, 0.5) is 11.4 Å². The summed E-state index contributed by atoms with van der Waals surface area (Å²) < 4.78 is 0. The van der Waals surface area contributed by atoms with Crippen LogP contribution in [0.5, 0.6) is 0 Å². The predicted molar refractivity (Wildman–Crippen MR) is 116 cm³/mol. The number of nitrogens with one attached hydrogen (secondary N) is 1. The Hall–Kier alpha value is -2.82. The molecule has 0 fully saturated rings. The Morgan fingerprint density at radius 1 is 1.00 bits per heavy atom. The Kier molecular flexibility index (Phi) is 8.05. The molecule has 0 bridgehead atoms. The second-order valence-electron chi connectivity index (χ2n) is 6.83. The van der Waals surface area contributed by atoms with Gasteiger partial charge in [0.1, 0.15) is 0 Å². The summed E-state index contributed by atoms with van der Waals surface area (Å²) in [6.07, 6.45) is 0.346. The van der Waals surface area contributed by atoms with Crippen LogP contribution in [0.2, 0.25) is 0 Å². The van der Waals surface area contributed by atoms with Crippen LogP contribution < -0.4 is 15.1 Å². The molecule has 0 atom stereocenters. The van der Waals surface area contributed by atoms with Crippen LogP contribution in [0.15, 0.2) is 48.5 Å². The van der Waals surface area contributed by atoms with E-state index in [2.05, 4.69) is 36.2 Å². The van der Waals surface area contributed by atoms with Gasteiger partial charge in [-0.2, -0.15) is 0 Å².